The number of nitrogens with one attached hydrogen (secondary N) is 1. The van der Waals surface area contributed by atoms with Gasteiger partial charge in [0.25, 0.3) is 0 Å². The summed E-state index contributed by atoms with van der Waals surface area (Å²) in [5.41, 5.74) is 0. The Kier molecular flexibility index (Phi) is 6.98. The predicted molar refractivity (Wildman–Crippen MR) is 64.2 cm³/mol. The van der Waals surface area contributed by atoms with Crippen LogP contribution in [0.15, 0.2) is 0 Å². The average molecular weight is 214 g/mol. The van der Waals surface area contributed by atoms with Gasteiger partial charge in [-0.1, -0.05) is 6.92 Å². The summed E-state index contributed by atoms with van der Waals surface area (Å²) < 4.78 is 5.28. The van der Waals surface area contributed by atoms with Gasteiger partial charge in [0.1, 0.15) is 0 Å². The molecule has 0 aromatic rings. The Morgan fingerprint density at radius 1 is 1.27 bits per heavy atom. The van der Waals surface area contributed by atoms with E-state index in [0.29, 0.717) is 0 Å². The maximum atomic E-state index is 5.28. The molecule has 1 fully saturated rings. The number of ether oxygens (including phenoxy) is 1. The number of hydrogen-bond acceptors (Lipinski definition) is 3. The molecule has 0 bridgehead atoms. The smallest absolute Gasteiger partial charge is 0.0477 e. The first-order valence-electron chi connectivity index (χ1n) is 6.41. The molecule has 1 rings (SSSR count). The summed E-state index contributed by atoms with van der Waals surface area (Å²) in [5.74, 6) is 0. The van der Waals surface area contributed by atoms with E-state index in [1.54, 1.807) is 0 Å². The highest BCUT2D eigenvalue weighted by Gasteiger charge is 2.26. The van der Waals surface area contributed by atoms with E-state index in [9.17, 15) is 0 Å². The van der Waals surface area contributed by atoms with Crippen LogP contribution in [0.1, 0.15) is 33.1 Å². The SMILES string of the molecule is CCOCCCNCCN(CC)C1CC1. The Morgan fingerprint density at radius 3 is 2.67 bits per heavy atom. The van der Waals surface area contributed by atoms with Gasteiger partial charge in [-0.15, -0.1) is 0 Å². The molecule has 0 radical (unpaired) electrons. The summed E-state index contributed by atoms with van der Waals surface area (Å²) in [6.07, 6.45) is 3.96. The van der Waals surface area contributed by atoms with Crippen LogP contribution in [0.5, 0.6) is 0 Å². The summed E-state index contributed by atoms with van der Waals surface area (Å²) in [6, 6.07) is 0.903. The van der Waals surface area contributed by atoms with Crippen molar-refractivity contribution in [3.8, 4) is 0 Å². The number of likely N-dealkylation sites (N-methyl/N-ethyl adjacent to an activating group) is 1. The summed E-state index contributed by atoms with van der Waals surface area (Å²) in [7, 11) is 0. The lowest BCUT2D eigenvalue weighted by Gasteiger charge is -2.19. The molecule has 3 nitrogen and oxygen atoms in total. The third-order valence-electron chi connectivity index (χ3n) is 2.89. The van der Waals surface area contributed by atoms with Crippen molar-refractivity contribution in [3.05, 3.63) is 0 Å². The minimum Gasteiger partial charge on any atom is -0.382 e. The van der Waals surface area contributed by atoms with Gasteiger partial charge >= 0.3 is 0 Å². The molecule has 90 valence electrons. The second-order valence-electron chi connectivity index (χ2n) is 4.16. The van der Waals surface area contributed by atoms with Crippen molar-refractivity contribution in [1.82, 2.24) is 10.2 Å². The van der Waals surface area contributed by atoms with Crippen molar-refractivity contribution in [1.29, 1.82) is 0 Å². The van der Waals surface area contributed by atoms with E-state index < -0.39 is 0 Å². The Bertz CT molecular complexity index is 149. The van der Waals surface area contributed by atoms with E-state index in [4.69, 9.17) is 4.74 Å². The fraction of sp³-hybridized carbons (Fsp3) is 1.00. The monoisotopic (exact) mass is 214 g/mol. The van der Waals surface area contributed by atoms with Crippen LogP contribution in [0.2, 0.25) is 0 Å². The molecule has 0 amide bonds. The molecule has 0 spiro atoms. The van der Waals surface area contributed by atoms with Crippen LogP contribution < -0.4 is 5.32 Å². The molecule has 1 aliphatic carbocycles. The van der Waals surface area contributed by atoms with E-state index >= 15 is 0 Å². The van der Waals surface area contributed by atoms with Crippen molar-refractivity contribution in [2.75, 3.05) is 39.4 Å². The molecule has 0 aliphatic heterocycles. The number of hydrogen-bond donors (Lipinski definition) is 1. The van der Waals surface area contributed by atoms with Crippen molar-refractivity contribution >= 4 is 0 Å². The molecular weight excluding hydrogens is 188 g/mol. The molecule has 1 N–H and O–H groups in total. The number of rotatable bonds is 10. The van der Waals surface area contributed by atoms with Crippen LogP contribution in [-0.2, 0) is 4.74 Å². The summed E-state index contributed by atoms with van der Waals surface area (Å²) in [5, 5.41) is 3.47. The molecule has 0 atom stereocenters. The predicted octanol–water partition coefficient (Wildman–Crippen LogP) is 1.49. The highest BCUT2D eigenvalue weighted by molar-refractivity contribution is 4.83. The van der Waals surface area contributed by atoms with Crippen LogP contribution >= 0.6 is 0 Å². The third kappa shape index (κ3) is 6.13. The summed E-state index contributed by atoms with van der Waals surface area (Å²) >= 11 is 0. The van der Waals surface area contributed by atoms with Gasteiger partial charge in [0.2, 0.25) is 0 Å². The minimum atomic E-state index is 0.839. The van der Waals surface area contributed by atoms with E-state index in [2.05, 4.69) is 17.1 Å². The lowest BCUT2D eigenvalue weighted by atomic mass is 10.4. The van der Waals surface area contributed by atoms with Crippen LogP contribution in [0.4, 0.5) is 0 Å². The Hall–Kier alpha value is -0.120. The molecule has 0 unspecified atom stereocenters. The third-order valence-corrected chi connectivity index (χ3v) is 2.89. The lowest BCUT2D eigenvalue weighted by molar-refractivity contribution is 0.144. The van der Waals surface area contributed by atoms with Crippen LogP contribution in [0, 0.1) is 0 Å². The first kappa shape index (κ1) is 12.9. The van der Waals surface area contributed by atoms with Gasteiger partial charge in [-0.3, -0.25) is 4.90 Å². The quantitative estimate of drug-likeness (QED) is 0.558. The first-order valence-corrected chi connectivity index (χ1v) is 6.41. The van der Waals surface area contributed by atoms with E-state index in [0.717, 1.165) is 38.8 Å². The van der Waals surface area contributed by atoms with Gasteiger partial charge < -0.3 is 10.1 Å². The van der Waals surface area contributed by atoms with Crippen molar-refractivity contribution in [3.63, 3.8) is 0 Å². The normalized spacial score (nSPS) is 16.2. The Balaban J connectivity index is 1.83. The standard InChI is InChI=1S/C12H26N2O/c1-3-14(12-6-7-12)10-9-13-8-5-11-15-4-2/h12-13H,3-11H2,1-2H3. The first-order chi connectivity index (χ1) is 7.38. The molecule has 0 saturated heterocycles. The van der Waals surface area contributed by atoms with Crippen LogP contribution in [-0.4, -0.2) is 50.3 Å². The van der Waals surface area contributed by atoms with Gasteiger partial charge in [-0.2, -0.15) is 0 Å². The molecule has 3 heteroatoms. The Morgan fingerprint density at radius 2 is 2.07 bits per heavy atom. The topological polar surface area (TPSA) is 24.5 Å². The number of nitrogens with zero attached hydrogens (tertiary/aromatic N) is 1. The zero-order valence-corrected chi connectivity index (χ0v) is 10.3. The fourth-order valence-corrected chi connectivity index (χ4v) is 1.83. The minimum absolute atomic E-state index is 0.839. The van der Waals surface area contributed by atoms with Gasteiger partial charge in [-0.25, -0.2) is 0 Å². The highest BCUT2D eigenvalue weighted by atomic mass is 16.5. The summed E-state index contributed by atoms with van der Waals surface area (Å²) in [6.45, 7) is 10.6. The Labute approximate surface area is 94.2 Å². The highest BCUT2D eigenvalue weighted by Crippen LogP contribution is 2.25. The van der Waals surface area contributed by atoms with E-state index in [1.165, 1.54) is 25.9 Å². The van der Waals surface area contributed by atoms with Crippen molar-refractivity contribution < 1.29 is 4.74 Å². The molecule has 1 saturated carbocycles. The van der Waals surface area contributed by atoms with Crippen molar-refractivity contribution in [2.24, 2.45) is 0 Å². The molecule has 0 aromatic carbocycles. The van der Waals surface area contributed by atoms with Gasteiger partial charge in [-0.05, 0) is 39.3 Å². The molecular formula is C12H26N2O. The van der Waals surface area contributed by atoms with Crippen LogP contribution in [0.3, 0.4) is 0 Å². The van der Waals surface area contributed by atoms with Gasteiger partial charge in [0, 0.05) is 32.3 Å². The molecule has 15 heavy (non-hydrogen) atoms. The lowest BCUT2D eigenvalue weighted by Crippen LogP contribution is -2.34. The second-order valence-corrected chi connectivity index (χ2v) is 4.16. The maximum Gasteiger partial charge on any atom is 0.0477 e. The fourth-order valence-electron chi connectivity index (χ4n) is 1.83. The van der Waals surface area contributed by atoms with Crippen LogP contribution in [0.25, 0.3) is 0 Å². The molecule has 0 heterocycles. The van der Waals surface area contributed by atoms with E-state index in [-0.39, 0.29) is 0 Å². The zero-order valence-electron chi connectivity index (χ0n) is 10.3. The average Bonchev–Trinajstić information content (AvgIpc) is 3.06. The molecule has 1 aliphatic rings. The second kappa shape index (κ2) is 8.08. The van der Waals surface area contributed by atoms with Gasteiger partial charge in [0.05, 0.1) is 0 Å². The largest absolute Gasteiger partial charge is 0.382 e. The zero-order chi connectivity index (χ0) is 10.9. The molecule has 0 aromatic heterocycles. The van der Waals surface area contributed by atoms with E-state index in [1.807, 2.05) is 6.92 Å². The van der Waals surface area contributed by atoms with Gasteiger partial charge in [0.15, 0.2) is 0 Å². The van der Waals surface area contributed by atoms with Crippen molar-refractivity contribution in [2.45, 2.75) is 39.2 Å². The summed E-state index contributed by atoms with van der Waals surface area (Å²) in [4.78, 5) is 2.58. The maximum absolute atomic E-state index is 5.28.